The van der Waals surface area contributed by atoms with Crippen molar-refractivity contribution in [3.05, 3.63) is 22.8 Å². The van der Waals surface area contributed by atoms with Crippen molar-refractivity contribution < 1.29 is 9.84 Å². The van der Waals surface area contributed by atoms with E-state index in [1.165, 1.54) is 32.1 Å². The van der Waals surface area contributed by atoms with Crippen LogP contribution in [0.3, 0.4) is 0 Å². The van der Waals surface area contributed by atoms with Gasteiger partial charge in [-0.05, 0) is 110 Å². The smallest absolute Gasteiger partial charge is 0.0594 e. The highest BCUT2D eigenvalue weighted by Crippen LogP contribution is 2.66. The van der Waals surface area contributed by atoms with Crippen LogP contribution in [0.4, 0.5) is 0 Å². The van der Waals surface area contributed by atoms with Crippen molar-refractivity contribution in [2.45, 2.75) is 92.1 Å². The SMILES string of the molecule is COCCCNC[C@@H](C)[C@H]1CC=C2C3=C(CC[C@@]21C)[C@@]1(C)CC[C@H](O)C(C)(C)[C@@H]1CC3. The van der Waals surface area contributed by atoms with Gasteiger partial charge in [-0.15, -0.1) is 0 Å². The van der Waals surface area contributed by atoms with Crippen molar-refractivity contribution >= 4 is 0 Å². The molecule has 0 unspecified atom stereocenters. The first-order valence-electron chi connectivity index (χ1n) is 13.0. The van der Waals surface area contributed by atoms with Crippen LogP contribution in [0.2, 0.25) is 0 Å². The maximum atomic E-state index is 10.8. The third-order valence-electron chi connectivity index (χ3n) is 10.3. The van der Waals surface area contributed by atoms with Gasteiger partial charge in [0, 0.05) is 13.7 Å². The molecule has 1 fully saturated rings. The fraction of sp³-hybridized carbons (Fsp3) is 0.857. The molecule has 176 valence electrons. The van der Waals surface area contributed by atoms with Crippen molar-refractivity contribution in [2.75, 3.05) is 26.8 Å². The van der Waals surface area contributed by atoms with Crippen molar-refractivity contribution in [1.29, 1.82) is 0 Å². The lowest BCUT2D eigenvalue weighted by Gasteiger charge is -2.59. The number of methoxy groups -OCH3 is 1. The zero-order valence-corrected chi connectivity index (χ0v) is 21.0. The standard InChI is InChI=1S/C28H47NO2/c1-19(18-29-16-7-17-31-6)21-9-10-22-20-8-11-24-26(2,3)25(30)13-15-28(24,5)23(20)12-14-27(21,22)4/h10,19,21,24-25,29-30H,7-9,11-18H2,1-6H3/t19-,21-,24+,25+,27-,28-/m1/s1. The van der Waals surface area contributed by atoms with Crippen LogP contribution in [0.25, 0.3) is 0 Å². The number of allylic oxidation sites excluding steroid dienone is 4. The molecule has 4 rings (SSSR count). The van der Waals surface area contributed by atoms with Crippen LogP contribution in [0.1, 0.15) is 86.0 Å². The molecule has 4 aliphatic rings. The minimum Gasteiger partial charge on any atom is -0.393 e. The number of fused-ring (bicyclic) bond motifs is 4. The Kier molecular flexibility index (Phi) is 6.53. The normalized spacial score (nSPS) is 40.1. The number of ether oxygens (including phenoxy) is 1. The average molecular weight is 430 g/mol. The van der Waals surface area contributed by atoms with Gasteiger partial charge in [-0.25, -0.2) is 0 Å². The minimum absolute atomic E-state index is 0.0296. The summed E-state index contributed by atoms with van der Waals surface area (Å²) in [4.78, 5) is 0. The Morgan fingerprint density at radius 1 is 1.13 bits per heavy atom. The topological polar surface area (TPSA) is 41.5 Å². The number of rotatable bonds is 7. The third kappa shape index (κ3) is 3.77. The van der Waals surface area contributed by atoms with Crippen LogP contribution in [0, 0.1) is 34.0 Å². The largest absolute Gasteiger partial charge is 0.393 e. The van der Waals surface area contributed by atoms with Crippen LogP contribution in [0.15, 0.2) is 22.8 Å². The Morgan fingerprint density at radius 3 is 2.65 bits per heavy atom. The van der Waals surface area contributed by atoms with Crippen LogP contribution in [0.5, 0.6) is 0 Å². The minimum atomic E-state index is -0.145. The van der Waals surface area contributed by atoms with E-state index in [0.29, 0.717) is 17.3 Å². The highest BCUT2D eigenvalue weighted by molar-refractivity contribution is 5.49. The van der Waals surface area contributed by atoms with Crippen molar-refractivity contribution in [3.8, 4) is 0 Å². The first-order chi connectivity index (χ1) is 14.7. The first kappa shape index (κ1) is 23.5. The molecule has 3 nitrogen and oxygen atoms in total. The lowest BCUT2D eigenvalue weighted by Crippen LogP contribution is -2.53. The molecular formula is C28H47NO2. The highest BCUT2D eigenvalue weighted by Gasteiger charge is 2.57. The number of hydrogen-bond acceptors (Lipinski definition) is 3. The Morgan fingerprint density at radius 2 is 1.90 bits per heavy atom. The van der Waals surface area contributed by atoms with E-state index in [-0.39, 0.29) is 16.9 Å². The summed E-state index contributed by atoms with van der Waals surface area (Å²) in [6, 6.07) is 0. The molecule has 0 aliphatic heterocycles. The summed E-state index contributed by atoms with van der Waals surface area (Å²) in [5.41, 5.74) is 5.89. The van der Waals surface area contributed by atoms with Gasteiger partial charge in [0.15, 0.2) is 0 Å². The highest BCUT2D eigenvalue weighted by atomic mass is 16.5. The molecule has 0 radical (unpaired) electrons. The molecule has 1 saturated carbocycles. The van der Waals surface area contributed by atoms with Gasteiger partial charge in [0.2, 0.25) is 0 Å². The van der Waals surface area contributed by atoms with E-state index in [1.807, 2.05) is 0 Å². The lowest BCUT2D eigenvalue weighted by molar-refractivity contribution is -0.0905. The fourth-order valence-electron chi connectivity index (χ4n) is 8.39. The summed E-state index contributed by atoms with van der Waals surface area (Å²) in [5.74, 6) is 2.06. The molecule has 0 aromatic heterocycles. The van der Waals surface area contributed by atoms with E-state index >= 15 is 0 Å². The first-order valence-corrected chi connectivity index (χ1v) is 13.0. The molecule has 0 aromatic carbocycles. The zero-order chi connectivity index (χ0) is 22.4. The molecule has 0 spiro atoms. The summed E-state index contributed by atoms with van der Waals surface area (Å²) in [5, 5.41) is 14.4. The van der Waals surface area contributed by atoms with Gasteiger partial charge in [0.25, 0.3) is 0 Å². The zero-order valence-electron chi connectivity index (χ0n) is 21.0. The van der Waals surface area contributed by atoms with Gasteiger partial charge in [-0.2, -0.15) is 0 Å². The molecule has 2 N–H and O–H groups in total. The second-order valence-corrected chi connectivity index (χ2v) is 12.2. The number of aliphatic hydroxyl groups excluding tert-OH is 1. The predicted molar refractivity (Wildman–Crippen MR) is 129 cm³/mol. The van der Waals surface area contributed by atoms with Crippen LogP contribution >= 0.6 is 0 Å². The van der Waals surface area contributed by atoms with E-state index in [0.717, 1.165) is 44.9 Å². The molecule has 0 bridgehead atoms. The Labute approximate surface area is 191 Å². The maximum Gasteiger partial charge on any atom is 0.0594 e. The van der Waals surface area contributed by atoms with Gasteiger partial charge in [0.05, 0.1) is 6.10 Å². The fourth-order valence-corrected chi connectivity index (χ4v) is 8.39. The van der Waals surface area contributed by atoms with Crippen molar-refractivity contribution in [3.63, 3.8) is 0 Å². The molecule has 4 aliphatic carbocycles. The average Bonchev–Trinajstić information content (AvgIpc) is 3.08. The number of aliphatic hydroxyl groups is 1. The van der Waals surface area contributed by atoms with Crippen molar-refractivity contribution in [2.24, 2.45) is 34.0 Å². The maximum absolute atomic E-state index is 10.8. The number of nitrogens with one attached hydrogen (secondary N) is 1. The second kappa shape index (κ2) is 8.61. The van der Waals surface area contributed by atoms with Crippen LogP contribution < -0.4 is 5.32 Å². The molecule has 31 heavy (non-hydrogen) atoms. The quantitative estimate of drug-likeness (QED) is 0.496. The Hall–Kier alpha value is -0.640. The van der Waals surface area contributed by atoms with Gasteiger partial charge >= 0.3 is 0 Å². The molecule has 3 heteroatoms. The Bertz CT molecular complexity index is 737. The van der Waals surface area contributed by atoms with E-state index in [9.17, 15) is 5.11 Å². The van der Waals surface area contributed by atoms with Gasteiger partial charge in [-0.3, -0.25) is 0 Å². The summed E-state index contributed by atoms with van der Waals surface area (Å²) < 4.78 is 5.18. The predicted octanol–water partition coefficient (Wildman–Crippen LogP) is 5.89. The van der Waals surface area contributed by atoms with Crippen LogP contribution in [-0.4, -0.2) is 38.0 Å². The Balaban J connectivity index is 1.52. The second-order valence-electron chi connectivity index (χ2n) is 12.2. The van der Waals surface area contributed by atoms with Crippen LogP contribution in [-0.2, 0) is 4.74 Å². The number of hydrogen-bond donors (Lipinski definition) is 2. The molecule has 0 saturated heterocycles. The monoisotopic (exact) mass is 429 g/mol. The van der Waals surface area contributed by atoms with E-state index in [2.05, 4.69) is 46.0 Å². The van der Waals surface area contributed by atoms with Crippen molar-refractivity contribution in [1.82, 2.24) is 5.32 Å². The lowest BCUT2D eigenvalue weighted by atomic mass is 9.46. The molecule has 0 heterocycles. The molecule has 0 aromatic rings. The summed E-state index contributed by atoms with van der Waals surface area (Å²) in [6.45, 7) is 15.2. The van der Waals surface area contributed by atoms with E-state index in [1.54, 1.807) is 23.8 Å². The summed E-state index contributed by atoms with van der Waals surface area (Å²) >= 11 is 0. The summed E-state index contributed by atoms with van der Waals surface area (Å²) in [7, 11) is 1.78. The van der Waals surface area contributed by atoms with Gasteiger partial charge in [-0.1, -0.05) is 46.3 Å². The van der Waals surface area contributed by atoms with Gasteiger partial charge < -0.3 is 15.2 Å². The molecule has 6 atom stereocenters. The van der Waals surface area contributed by atoms with E-state index < -0.39 is 0 Å². The third-order valence-corrected chi connectivity index (χ3v) is 10.3. The van der Waals surface area contributed by atoms with E-state index in [4.69, 9.17) is 4.74 Å². The van der Waals surface area contributed by atoms with Gasteiger partial charge in [0.1, 0.15) is 0 Å². The summed E-state index contributed by atoms with van der Waals surface area (Å²) in [6.07, 6.45) is 12.0. The molecule has 0 amide bonds. The molecular weight excluding hydrogens is 382 g/mol.